The number of alkyl carbamates (subject to hydrolysis) is 1. The molecule has 2 N–H and O–H groups in total. The van der Waals surface area contributed by atoms with Crippen molar-refractivity contribution in [2.75, 3.05) is 12.4 Å². The van der Waals surface area contributed by atoms with Gasteiger partial charge in [-0.1, -0.05) is 0 Å². The predicted octanol–water partition coefficient (Wildman–Crippen LogP) is 2.24. The van der Waals surface area contributed by atoms with Gasteiger partial charge in [0.05, 0.1) is 7.11 Å². The van der Waals surface area contributed by atoms with Crippen molar-refractivity contribution >= 4 is 23.6 Å². The van der Waals surface area contributed by atoms with Crippen molar-refractivity contribution in [1.82, 2.24) is 10.3 Å². The van der Waals surface area contributed by atoms with Crippen molar-refractivity contribution in [2.45, 2.75) is 45.8 Å². The Morgan fingerprint density at radius 3 is 2.28 bits per heavy atom. The molecule has 0 bridgehead atoms. The maximum Gasteiger partial charge on any atom is 0.408 e. The molecule has 10 heteroatoms. The summed E-state index contributed by atoms with van der Waals surface area (Å²) in [6.45, 7) is 8.01. The zero-order valence-corrected chi connectivity index (χ0v) is 15.0. The van der Waals surface area contributed by atoms with Crippen molar-refractivity contribution in [2.24, 2.45) is 0 Å². The van der Waals surface area contributed by atoms with Gasteiger partial charge in [0.15, 0.2) is 0 Å². The van der Waals surface area contributed by atoms with Gasteiger partial charge in [-0.25, -0.2) is 4.79 Å². The zero-order valence-electron chi connectivity index (χ0n) is 15.0. The fraction of sp³-hybridized carbons (Fsp3) is 0.533. The van der Waals surface area contributed by atoms with E-state index in [0.29, 0.717) is 0 Å². The van der Waals surface area contributed by atoms with Crippen LogP contribution in [0.5, 0.6) is 5.75 Å². The van der Waals surface area contributed by atoms with E-state index < -0.39 is 33.9 Å². The van der Waals surface area contributed by atoms with E-state index in [2.05, 4.69) is 15.6 Å². The second kappa shape index (κ2) is 7.32. The minimum atomic E-state index is -1.33. The molecule has 1 heterocycles. The van der Waals surface area contributed by atoms with Gasteiger partial charge in [0.25, 0.3) is 5.91 Å². The highest BCUT2D eigenvalue weighted by Crippen LogP contribution is 2.26. The molecule has 0 aliphatic rings. The zero-order chi connectivity index (χ0) is 19.4. The van der Waals surface area contributed by atoms with Gasteiger partial charge in [0, 0.05) is 6.07 Å². The number of methoxy groups -OCH3 is 1. The lowest BCUT2D eigenvalue weighted by molar-refractivity contribution is -0.390. The molecule has 0 atom stereocenters. The molecule has 10 nitrogen and oxygen atoms in total. The second-order valence-electron chi connectivity index (χ2n) is 6.69. The number of pyridine rings is 1. The standard InChI is InChI=1S/C15H22N4O6/c1-14(2,3)25-13(21)18-15(4,5)12(20)17-10-8-7-9(24-6)11(16-10)19(22)23/h7-8H,1-6H3,(H,18,21)(H,16,17,20). The van der Waals surface area contributed by atoms with E-state index in [0.717, 1.165) is 0 Å². The third-order valence-electron chi connectivity index (χ3n) is 2.85. The van der Waals surface area contributed by atoms with Crippen LogP contribution in [-0.2, 0) is 9.53 Å². The number of nitrogens with one attached hydrogen (secondary N) is 2. The Kier molecular flexibility index (Phi) is 5.90. The summed E-state index contributed by atoms with van der Waals surface area (Å²) < 4.78 is 9.95. The number of aromatic nitrogens is 1. The molecular formula is C15H22N4O6. The molecule has 0 saturated heterocycles. The molecule has 1 aromatic rings. The van der Waals surface area contributed by atoms with Gasteiger partial charge in [0.2, 0.25) is 11.6 Å². The molecule has 0 fully saturated rings. The van der Waals surface area contributed by atoms with Crippen molar-refractivity contribution < 1.29 is 24.0 Å². The quantitative estimate of drug-likeness (QED) is 0.612. The van der Waals surface area contributed by atoms with Crippen LogP contribution >= 0.6 is 0 Å². The molecule has 0 aliphatic heterocycles. The van der Waals surface area contributed by atoms with Gasteiger partial charge >= 0.3 is 11.9 Å². The van der Waals surface area contributed by atoms with Crippen LogP contribution in [0.2, 0.25) is 0 Å². The Balaban J connectivity index is 2.88. The van der Waals surface area contributed by atoms with E-state index >= 15 is 0 Å². The lowest BCUT2D eigenvalue weighted by atomic mass is 10.1. The first-order chi connectivity index (χ1) is 11.4. The third-order valence-corrected chi connectivity index (χ3v) is 2.85. The first-order valence-electron chi connectivity index (χ1n) is 7.38. The summed E-state index contributed by atoms with van der Waals surface area (Å²) in [5, 5.41) is 15.8. The predicted molar refractivity (Wildman–Crippen MR) is 89.5 cm³/mol. The van der Waals surface area contributed by atoms with Gasteiger partial charge in [-0.2, -0.15) is 0 Å². The molecule has 2 amide bonds. The number of nitrogens with zero attached hydrogens (tertiary/aromatic N) is 2. The van der Waals surface area contributed by atoms with Crippen molar-refractivity contribution in [3.8, 4) is 5.75 Å². The van der Waals surface area contributed by atoms with Crippen LogP contribution in [0.25, 0.3) is 0 Å². The number of carbonyl (C=O) groups is 2. The van der Waals surface area contributed by atoms with Gasteiger partial charge in [0.1, 0.15) is 11.1 Å². The highest BCUT2D eigenvalue weighted by molar-refractivity contribution is 5.98. The molecule has 0 spiro atoms. The number of carbonyl (C=O) groups excluding carboxylic acids is 2. The monoisotopic (exact) mass is 354 g/mol. The summed E-state index contributed by atoms with van der Waals surface area (Å²) >= 11 is 0. The van der Waals surface area contributed by atoms with E-state index in [-0.39, 0.29) is 11.6 Å². The molecule has 1 aromatic heterocycles. The molecule has 0 unspecified atom stereocenters. The second-order valence-corrected chi connectivity index (χ2v) is 6.69. The molecule has 0 radical (unpaired) electrons. The van der Waals surface area contributed by atoms with E-state index in [1.165, 1.54) is 33.1 Å². The highest BCUT2D eigenvalue weighted by atomic mass is 16.6. The van der Waals surface area contributed by atoms with Crippen LogP contribution in [0.15, 0.2) is 12.1 Å². The Hall–Kier alpha value is -2.91. The van der Waals surface area contributed by atoms with E-state index in [1.807, 2.05) is 0 Å². The Morgan fingerprint density at radius 2 is 1.80 bits per heavy atom. The lowest BCUT2D eigenvalue weighted by Gasteiger charge is -2.27. The first kappa shape index (κ1) is 20.1. The maximum atomic E-state index is 12.3. The lowest BCUT2D eigenvalue weighted by Crippen LogP contribution is -2.53. The molecule has 0 aliphatic carbocycles. The number of amides is 2. The molecule has 25 heavy (non-hydrogen) atoms. The summed E-state index contributed by atoms with van der Waals surface area (Å²) in [6.07, 6.45) is -0.763. The topological polar surface area (TPSA) is 133 Å². The summed E-state index contributed by atoms with van der Waals surface area (Å²) in [7, 11) is 1.27. The minimum Gasteiger partial charge on any atom is -0.489 e. The number of ether oxygens (including phenoxy) is 2. The smallest absolute Gasteiger partial charge is 0.408 e. The first-order valence-corrected chi connectivity index (χ1v) is 7.38. The number of hydrogen-bond acceptors (Lipinski definition) is 7. The van der Waals surface area contributed by atoms with Crippen molar-refractivity contribution in [1.29, 1.82) is 0 Å². The average molecular weight is 354 g/mol. The summed E-state index contributed by atoms with van der Waals surface area (Å²) in [5.74, 6) is -1.23. The van der Waals surface area contributed by atoms with Gasteiger partial charge in [-0.3, -0.25) is 10.1 Å². The number of rotatable bonds is 5. The third kappa shape index (κ3) is 5.90. The SMILES string of the molecule is COc1ccc(NC(=O)C(C)(C)NC(=O)OC(C)(C)C)nc1[N+](=O)[O-]. The summed E-state index contributed by atoms with van der Waals surface area (Å²) in [6, 6.07) is 2.67. The van der Waals surface area contributed by atoms with Gasteiger partial charge in [-0.15, -0.1) is 0 Å². The van der Waals surface area contributed by atoms with Crippen molar-refractivity contribution in [3.63, 3.8) is 0 Å². The number of anilines is 1. The summed E-state index contributed by atoms with van der Waals surface area (Å²) in [5.41, 5.74) is -2.05. The number of hydrogen-bond donors (Lipinski definition) is 2. The molecule has 0 saturated carbocycles. The van der Waals surface area contributed by atoms with Gasteiger partial charge in [-0.05, 0) is 50.6 Å². The van der Waals surface area contributed by atoms with E-state index in [9.17, 15) is 19.7 Å². The Bertz CT molecular complexity index is 681. The van der Waals surface area contributed by atoms with Gasteiger partial charge < -0.3 is 24.9 Å². The van der Waals surface area contributed by atoms with Crippen molar-refractivity contribution in [3.05, 3.63) is 22.2 Å². The fourth-order valence-electron chi connectivity index (χ4n) is 1.68. The van der Waals surface area contributed by atoms with E-state index in [4.69, 9.17) is 9.47 Å². The van der Waals surface area contributed by atoms with Crippen LogP contribution in [0.3, 0.4) is 0 Å². The van der Waals surface area contributed by atoms with Crippen LogP contribution < -0.4 is 15.4 Å². The fourth-order valence-corrected chi connectivity index (χ4v) is 1.68. The van der Waals surface area contributed by atoms with Crippen LogP contribution in [-0.4, -0.2) is 40.2 Å². The van der Waals surface area contributed by atoms with Crippen LogP contribution in [0.4, 0.5) is 16.4 Å². The van der Waals surface area contributed by atoms with Crippen LogP contribution in [0, 0.1) is 10.1 Å². The molecular weight excluding hydrogens is 332 g/mol. The van der Waals surface area contributed by atoms with E-state index in [1.54, 1.807) is 20.8 Å². The Labute approximate surface area is 145 Å². The Morgan fingerprint density at radius 1 is 1.20 bits per heavy atom. The highest BCUT2D eigenvalue weighted by Gasteiger charge is 2.33. The largest absolute Gasteiger partial charge is 0.489 e. The molecule has 138 valence electrons. The molecule has 1 rings (SSSR count). The average Bonchev–Trinajstić information content (AvgIpc) is 2.44. The summed E-state index contributed by atoms with van der Waals surface area (Å²) in [4.78, 5) is 38.2. The van der Waals surface area contributed by atoms with Crippen LogP contribution in [0.1, 0.15) is 34.6 Å². The normalized spacial score (nSPS) is 11.4. The molecule has 0 aromatic carbocycles. The maximum absolute atomic E-state index is 12.3. The minimum absolute atomic E-state index is 0.0332. The number of nitro groups is 1.